The van der Waals surface area contributed by atoms with Crippen molar-refractivity contribution in [2.75, 3.05) is 20.0 Å². The van der Waals surface area contributed by atoms with E-state index in [1.54, 1.807) is 18.3 Å². The van der Waals surface area contributed by atoms with E-state index in [2.05, 4.69) is 22.7 Å². The molecular formula is C11H15N3O3S. The van der Waals surface area contributed by atoms with Gasteiger partial charge in [0.2, 0.25) is 0 Å². The zero-order valence-electron chi connectivity index (χ0n) is 9.70. The fourth-order valence-electron chi connectivity index (χ4n) is 1.05. The Bertz CT molecular complexity index is 395. The lowest BCUT2D eigenvalue weighted by atomic mass is 10.2. The predicted molar refractivity (Wildman–Crippen MR) is 72.5 cm³/mol. The molecule has 1 aromatic carbocycles. The van der Waals surface area contributed by atoms with Gasteiger partial charge in [-0.1, -0.05) is 0 Å². The van der Waals surface area contributed by atoms with Crippen LogP contribution in [-0.4, -0.2) is 36.4 Å². The first-order valence-electron chi connectivity index (χ1n) is 5.22. The van der Waals surface area contributed by atoms with Crippen molar-refractivity contribution < 1.29 is 14.6 Å². The zero-order chi connectivity index (χ0) is 13.2. The maximum absolute atomic E-state index is 8.50. The lowest BCUT2D eigenvalue weighted by Gasteiger charge is -2.06. The summed E-state index contributed by atoms with van der Waals surface area (Å²) in [5, 5.41) is 12.4. The van der Waals surface area contributed by atoms with E-state index in [4.69, 9.17) is 20.3 Å². The molecule has 98 valence electrons. The minimum Gasteiger partial charge on any atom is -0.468 e. The fourth-order valence-corrected chi connectivity index (χ4v) is 1.11. The van der Waals surface area contributed by atoms with E-state index in [-0.39, 0.29) is 25.1 Å². The van der Waals surface area contributed by atoms with E-state index in [9.17, 15) is 0 Å². The molecule has 0 aliphatic rings. The van der Waals surface area contributed by atoms with Crippen LogP contribution in [-0.2, 0) is 4.74 Å². The van der Waals surface area contributed by atoms with Crippen LogP contribution in [0.25, 0.3) is 0 Å². The normalized spacial score (nSPS) is 10.5. The van der Waals surface area contributed by atoms with Gasteiger partial charge in [0.15, 0.2) is 11.9 Å². The summed E-state index contributed by atoms with van der Waals surface area (Å²) in [6.45, 7) is 0.348. The summed E-state index contributed by atoms with van der Waals surface area (Å²) < 4.78 is 10.2. The van der Waals surface area contributed by atoms with Crippen LogP contribution in [0.4, 0.5) is 0 Å². The van der Waals surface area contributed by atoms with Gasteiger partial charge in [-0.3, -0.25) is 5.43 Å². The highest BCUT2D eigenvalue weighted by Crippen LogP contribution is 2.10. The van der Waals surface area contributed by atoms with E-state index >= 15 is 0 Å². The summed E-state index contributed by atoms with van der Waals surface area (Å²) in [6, 6.07) is 7.22. The first kappa shape index (κ1) is 14.4. The monoisotopic (exact) mass is 269 g/mol. The number of benzene rings is 1. The van der Waals surface area contributed by atoms with Crippen molar-refractivity contribution in [1.82, 2.24) is 5.43 Å². The Balaban J connectivity index is 2.37. The molecule has 4 N–H and O–H groups in total. The van der Waals surface area contributed by atoms with E-state index in [1.165, 1.54) is 0 Å². The van der Waals surface area contributed by atoms with Gasteiger partial charge in [0.25, 0.3) is 0 Å². The van der Waals surface area contributed by atoms with Crippen LogP contribution in [0.15, 0.2) is 29.4 Å². The Kier molecular flexibility index (Phi) is 6.70. The summed E-state index contributed by atoms with van der Waals surface area (Å²) in [7, 11) is 0. The molecule has 0 aliphatic heterocycles. The third-order valence-corrected chi connectivity index (χ3v) is 1.90. The Labute approximate surface area is 110 Å². The van der Waals surface area contributed by atoms with Gasteiger partial charge in [-0.05, 0) is 42.0 Å². The number of thiocarbonyl (C=S) groups is 1. The number of nitrogens with zero attached hydrogens (tertiary/aromatic N) is 1. The number of hydrogen-bond acceptors (Lipinski definition) is 5. The van der Waals surface area contributed by atoms with Crippen LogP contribution >= 0.6 is 12.2 Å². The van der Waals surface area contributed by atoms with Crippen LogP contribution in [0, 0.1) is 0 Å². The van der Waals surface area contributed by atoms with Crippen molar-refractivity contribution in [2.45, 2.75) is 0 Å². The number of rotatable bonds is 7. The SMILES string of the molecule is NC(=S)N/N=C/c1ccc(OCOCCO)cc1. The van der Waals surface area contributed by atoms with Crippen molar-refractivity contribution in [3.05, 3.63) is 29.8 Å². The van der Waals surface area contributed by atoms with Gasteiger partial charge in [-0.2, -0.15) is 5.10 Å². The van der Waals surface area contributed by atoms with Gasteiger partial charge in [-0.25, -0.2) is 0 Å². The predicted octanol–water partition coefficient (Wildman–Crippen LogP) is 0.199. The highest BCUT2D eigenvalue weighted by Gasteiger charge is 1.94. The average Bonchev–Trinajstić information content (AvgIpc) is 2.36. The quantitative estimate of drug-likeness (QED) is 0.215. The third-order valence-electron chi connectivity index (χ3n) is 1.81. The van der Waals surface area contributed by atoms with Gasteiger partial charge in [0.05, 0.1) is 19.4 Å². The molecule has 0 bridgehead atoms. The van der Waals surface area contributed by atoms with Crippen molar-refractivity contribution in [1.29, 1.82) is 0 Å². The molecule has 6 nitrogen and oxygen atoms in total. The van der Waals surface area contributed by atoms with Crippen LogP contribution in [0.2, 0.25) is 0 Å². The zero-order valence-corrected chi connectivity index (χ0v) is 10.5. The lowest BCUT2D eigenvalue weighted by molar-refractivity contribution is -0.00103. The molecule has 0 aliphatic carbocycles. The van der Waals surface area contributed by atoms with E-state index < -0.39 is 0 Å². The van der Waals surface area contributed by atoms with Gasteiger partial charge < -0.3 is 20.3 Å². The van der Waals surface area contributed by atoms with Gasteiger partial charge in [0, 0.05) is 0 Å². The Hall–Kier alpha value is -1.70. The minimum absolute atomic E-state index is 0.0191. The fraction of sp³-hybridized carbons (Fsp3) is 0.273. The largest absolute Gasteiger partial charge is 0.468 e. The van der Waals surface area contributed by atoms with Gasteiger partial charge in [-0.15, -0.1) is 0 Å². The van der Waals surface area contributed by atoms with Crippen molar-refractivity contribution >= 4 is 23.5 Å². The summed E-state index contributed by atoms with van der Waals surface area (Å²) in [5.41, 5.74) is 8.55. The first-order chi connectivity index (χ1) is 8.72. The number of ether oxygens (including phenoxy) is 2. The molecule has 0 spiro atoms. The number of aliphatic hydroxyl groups is 1. The molecule has 1 rings (SSSR count). The number of nitrogens with two attached hydrogens (primary N) is 1. The molecule has 0 amide bonds. The number of hydrogen-bond donors (Lipinski definition) is 3. The Morgan fingerprint density at radius 1 is 1.44 bits per heavy atom. The molecule has 0 saturated heterocycles. The molecule has 0 saturated carbocycles. The van der Waals surface area contributed by atoms with Gasteiger partial charge >= 0.3 is 0 Å². The van der Waals surface area contributed by atoms with E-state index in [1.807, 2.05) is 12.1 Å². The summed E-state index contributed by atoms with van der Waals surface area (Å²) >= 11 is 4.60. The molecule has 0 aromatic heterocycles. The second-order valence-corrected chi connectivity index (χ2v) is 3.64. The maximum Gasteiger partial charge on any atom is 0.189 e. The second kappa shape index (κ2) is 8.40. The van der Waals surface area contributed by atoms with Crippen molar-refractivity contribution in [3.8, 4) is 5.75 Å². The smallest absolute Gasteiger partial charge is 0.189 e. The standard InChI is InChI=1S/C11H15N3O3S/c12-11(18)14-13-7-9-1-3-10(4-2-9)17-8-16-6-5-15/h1-4,7,15H,5-6,8H2,(H3,12,14,18)/b13-7+. The average molecular weight is 269 g/mol. The number of aliphatic hydroxyl groups excluding tert-OH is 1. The van der Waals surface area contributed by atoms with Crippen molar-refractivity contribution in [3.63, 3.8) is 0 Å². The van der Waals surface area contributed by atoms with Crippen LogP contribution in [0.5, 0.6) is 5.75 Å². The van der Waals surface area contributed by atoms with Crippen LogP contribution in [0.3, 0.4) is 0 Å². The molecule has 0 atom stereocenters. The molecule has 0 unspecified atom stereocenters. The summed E-state index contributed by atoms with van der Waals surface area (Å²) in [4.78, 5) is 0. The topological polar surface area (TPSA) is 89.1 Å². The third kappa shape index (κ3) is 6.14. The number of nitrogens with one attached hydrogen (secondary N) is 1. The van der Waals surface area contributed by atoms with E-state index in [0.717, 1.165) is 5.56 Å². The molecule has 18 heavy (non-hydrogen) atoms. The maximum atomic E-state index is 8.50. The first-order valence-corrected chi connectivity index (χ1v) is 5.63. The van der Waals surface area contributed by atoms with Crippen LogP contribution < -0.4 is 15.9 Å². The lowest BCUT2D eigenvalue weighted by Crippen LogP contribution is -2.23. The summed E-state index contributed by atoms with van der Waals surface area (Å²) in [5.74, 6) is 0.674. The molecule has 0 heterocycles. The summed E-state index contributed by atoms with van der Waals surface area (Å²) in [6.07, 6.45) is 1.59. The second-order valence-electron chi connectivity index (χ2n) is 3.20. The number of hydrazone groups is 1. The highest BCUT2D eigenvalue weighted by atomic mass is 32.1. The Morgan fingerprint density at radius 2 is 2.17 bits per heavy atom. The Morgan fingerprint density at radius 3 is 2.78 bits per heavy atom. The van der Waals surface area contributed by atoms with Crippen LogP contribution in [0.1, 0.15) is 5.56 Å². The molecule has 0 fully saturated rings. The molecule has 0 radical (unpaired) electrons. The minimum atomic E-state index is -0.0191. The molecular weight excluding hydrogens is 254 g/mol. The van der Waals surface area contributed by atoms with Gasteiger partial charge in [0.1, 0.15) is 5.75 Å². The molecule has 1 aromatic rings. The highest BCUT2D eigenvalue weighted by molar-refractivity contribution is 7.80. The van der Waals surface area contributed by atoms with E-state index in [0.29, 0.717) is 5.75 Å². The van der Waals surface area contributed by atoms with Crippen molar-refractivity contribution in [2.24, 2.45) is 10.8 Å². The molecule has 7 heteroatoms.